The van der Waals surface area contributed by atoms with Crippen molar-refractivity contribution in [2.24, 2.45) is 4.99 Å². The largest absolute Gasteiger partial charge is 0.457 e. The third-order valence-electron chi connectivity index (χ3n) is 5.58. The molecular formula is C25H22N2O4S2. The van der Waals surface area contributed by atoms with Gasteiger partial charge in [0.2, 0.25) is 0 Å². The molecule has 0 aliphatic carbocycles. The number of amidine groups is 1. The number of ether oxygens (including phenoxy) is 1. The molecule has 2 aliphatic heterocycles. The first-order chi connectivity index (χ1) is 16.0. The maximum atomic E-state index is 12.7. The molecule has 2 unspecified atom stereocenters. The average molecular weight is 479 g/mol. The molecule has 0 radical (unpaired) electrons. The zero-order valence-electron chi connectivity index (χ0n) is 17.7. The Morgan fingerprint density at radius 1 is 0.909 bits per heavy atom. The fourth-order valence-electron chi connectivity index (χ4n) is 4.08. The van der Waals surface area contributed by atoms with Crippen molar-refractivity contribution >= 4 is 38.4 Å². The number of fused-ring (bicyclic) bond motifs is 1. The van der Waals surface area contributed by atoms with E-state index < -0.39 is 9.84 Å². The molecule has 33 heavy (non-hydrogen) atoms. The first-order valence-corrected chi connectivity index (χ1v) is 13.3. The van der Waals surface area contributed by atoms with Crippen molar-refractivity contribution in [2.75, 3.05) is 16.4 Å². The Morgan fingerprint density at radius 3 is 2.24 bits per heavy atom. The Balaban J connectivity index is 1.40. The third kappa shape index (κ3) is 4.96. The van der Waals surface area contributed by atoms with E-state index in [9.17, 15) is 13.2 Å². The summed E-state index contributed by atoms with van der Waals surface area (Å²) in [7, 11) is -3.12. The second-order valence-corrected chi connectivity index (χ2v) is 11.4. The summed E-state index contributed by atoms with van der Waals surface area (Å²) in [6, 6.07) is 26.1. The summed E-state index contributed by atoms with van der Waals surface area (Å²) in [5.41, 5.74) is 1.69. The maximum Gasteiger partial charge on any atom is 0.252 e. The monoisotopic (exact) mass is 478 g/mol. The molecule has 0 saturated carbocycles. The van der Waals surface area contributed by atoms with Crippen LogP contribution in [0.2, 0.25) is 0 Å². The van der Waals surface area contributed by atoms with Gasteiger partial charge in [-0.2, -0.15) is 4.99 Å². The Hall–Kier alpha value is -3.10. The molecule has 0 aromatic heterocycles. The van der Waals surface area contributed by atoms with Gasteiger partial charge in [0.25, 0.3) is 5.91 Å². The molecule has 0 bridgehead atoms. The highest BCUT2D eigenvalue weighted by Gasteiger charge is 2.49. The summed E-state index contributed by atoms with van der Waals surface area (Å²) >= 11 is 1.38. The molecule has 3 aromatic rings. The molecule has 0 N–H and O–H groups in total. The molecule has 168 valence electrons. The minimum absolute atomic E-state index is 0.0544. The van der Waals surface area contributed by atoms with Gasteiger partial charge in [0, 0.05) is 10.9 Å². The number of nitrogens with zero attached hydrogens (tertiary/aromatic N) is 2. The first-order valence-electron chi connectivity index (χ1n) is 10.6. The quantitative estimate of drug-likeness (QED) is 0.544. The molecular weight excluding hydrogens is 456 g/mol. The normalized spacial score (nSPS) is 22.3. The summed E-state index contributed by atoms with van der Waals surface area (Å²) in [5.74, 6) is 1.31. The maximum absolute atomic E-state index is 12.7. The van der Waals surface area contributed by atoms with E-state index >= 15 is 0 Å². The second kappa shape index (κ2) is 9.03. The molecule has 2 atom stereocenters. The van der Waals surface area contributed by atoms with Crippen LogP contribution in [0.15, 0.2) is 89.9 Å². The lowest BCUT2D eigenvalue weighted by atomic mass is 10.1. The number of thioether (sulfide) groups is 1. The smallest absolute Gasteiger partial charge is 0.252 e. The van der Waals surface area contributed by atoms with Crippen LogP contribution in [0.1, 0.15) is 5.56 Å². The number of para-hydroxylation sites is 1. The van der Waals surface area contributed by atoms with Gasteiger partial charge in [-0.25, -0.2) is 8.42 Å². The number of amides is 1. The highest BCUT2D eigenvalue weighted by Crippen LogP contribution is 2.41. The lowest BCUT2D eigenvalue weighted by Gasteiger charge is -2.24. The molecule has 3 aromatic carbocycles. The van der Waals surface area contributed by atoms with Crippen LogP contribution in [0.3, 0.4) is 0 Å². The molecule has 8 heteroatoms. The van der Waals surface area contributed by atoms with E-state index in [1.807, 2.05) is 89.8 Å². The number of hydrogen-bond donors (Lipinski definition) is 0. The van der Waals surface area contributed by atoms with Crippen molar-refractivity contribution in [3.63, 3.8) is 0 Å². The fraction of sp³-hybridized carbons (Fsp3) is 0.200. The van der Waals surface area contributed by atoms with Gasteiger partial charge in [0.1, 0.15) is 11.5 Å². The predicted octanol–water partition coefficient (Wildman–Crippen LogP) is 4.32. The SMILES string of the molecule is O=C(Cc1ccccc1)N=C1SC2CS(=O)(=O)CC2N1c1ccc(Oc2ccccc2)cc1. The highest BCUT2D eigenvalue weighted by molar-refractivity contribution is 8.16. The van der Waals surface area contributed by atoms with E-state index in [1.54, 1.807) is 0 Å². The summed E-state index contributed by atoms with van der Waals surface area (Å²) in [4.78, 5) is 19.0. The van der Waals surface area contributed by atoms with Crippen molar-refractivity contribution < 1.29 is 17.9 Å². The number of benzene rings is 3. The standard InChI is InChI=1S/C25H22N2O4S2/c28-24(15-18-7-3-1-4-8-18)26-25-27(22-16-33(29,30)17-23(22)32-25)19-11-13-21(14-12-19)31-20-9-5-2-6-10-20/h1-14,22-23H,15-17H2. The number of carbonyl (C=O) groups excluding carboxylic acids is 1. The van der Waals surface area contributed by atoms with Crippen LogP contribution in [0.25, 0.3) is 0 Å². The minimum Gasteiger partial charge on any atom is -0.457 e. The summed E-state index contributed by atoms with van der Waals surface area (Å²) in [5, 5.41) is 0.413. The fourth-order valence-corrected chi connectivity index (χ4v) is 8.01. The van der Waals surface area contributed by atoms with Crippen molar-refractivity contribution in [1.82, 2.24) is 0 Å². The molecule has 0 spiro atoms. The van der Waals surface area contributed by atoms with Gasteiger partial charge < -0.3 is 9.64 Å². The van der Waals surface area contributed by atoms with Crippen molar-refractivity contribution in [3.05, 3.63) is 90.5 Å². The van der Waals surface area contributed by atoms with Crippen LogP contribution in [0, 0.1) is 0 Å². The summed E-state index contributed by atoms with van der Waals surface area (Å²) in [6.45, 7) is 0. The van der Waals surface area contributed by atoms with Crippen molar-refractivity contribution in [3.8, 4) is 11.5 Å². The molecule has 2 fully saturated rings. The number of sulfone groups is 1. The van der Waals surface area contributed by atoms with Crippen LogP contribution >= 0.6 is 11.8 Å². The first kappa shape index (κ1) is 21.7. The molecule has 2 saturated heterocycles. The Kier molecular flexibility index (Phi) is 5.95. The van der Waals surface area contributed by atoms with Gasteiger partial charge in [0.05, 0.1) is 24.0 Å². The zero-order chi connectivity index (χ0) is 22.8. The second-order valence-electron chi connectivity index (χ2n) is 8.03. The number of carbonyl (C=O) groups is 1. The lowest BCUT2D eigenvalue weighted by Crippen LogP contribution is -2.37. The molecule has 2 heterocycles. The Morgan fingerprint density at radius 2 is 1.55 bits per heavy atom. The van der Waals surface area contributed by atoms with E-state index in [0.29, 0.717) is 10.9 Å². The third-order valence-corrected chi connectivity index (χ3v) is 8.79. The van der Waals surface area contributed by atoms with Gasteiger partial charge in [-0.3, -0.25) is 4.79 Å². The van der Waals surface area contributed by atoms with Gasteiger partial charge in [0.15, 0.2) is 15.0 Å². The summed E-state index contributed by atoms with van der Waals surface area (Å²) in [6.07, 6.45) is 0.205. The topological polar surface area (TPSA) is 76.0 Å². The highest BCUT2D eigenvalue weighted by atomic mass is 32.2. The van der Waals surface area contributed by atoms with Crippen molar-refractivity contribution in [1.29, 1.82) is 0 Å². The van der Waals surface area contributed by atoms with Crippen LogP contribution in [0.4, 0.5) is 5.69 Å². The summed E-state index contributed by atoms with van der Waals surface area (Å²) < 4.78 is 30.4. The average Bonchev–Trinajstić information content (AvgIpc) is 3.26. The van der Waals surface area contributed by atoms with Gasteiger partial charge >= 0.3 is 0 Å². The predicted molar refractivity (Wildman–Crippen MR) is 132 cm³/mol. The van der Waals surface area contributed by atoms with Gasteiger partial charge in [-0.15, -0.1) is 0 Å². The lowest BCUT2D eigenvalue weighted by molar-refractivity contribution is -0.117. The van der Waals surface area contributed by atoms with Crippen molar-refractivity contribution in [2.45, 2.75) is 17.7 Å². The number of anilines is 1. The van der Waals surface area contributed by atoms with E-state index in [-0.39, 0.29) is 35.1 Å². The number of hydrogen-bond acceptors (Lipinski definition) is 5. The van der Waals surface area contributed by atoms with Gasteiger partial charge in [-0.1, -0.05) is 60.3 Å². The molecule has 5 rings (SSSR count). The van der Waals surface area contributed by atoms with Crippen LogP contribution < -0.4 is 9.64 Å². The molecule has 6 nitrogen and oxygen atoms in total. The van der Waals surface area contributed by atoms with E-state index in [4.69, 9.17) is 4.74 Å². The molecule has 2 aliphatic rings. The van der Waals surface area contributed by atoms with Crippen LogP contribution in [-0.4, -0.2) is 42.3 Å². The zero-order valence-corrected chi connectivity index (χ0v) is 19.3. The Labute approximate surface area is 197 Å². The molecule has 1 amide bonds. The number of rotatable bonds is 5. The van der Waals surface area contributed by atoms with E-state index in [0.717, 1.165) is 17.0 Å². The minimum atomic E-state index is -3.12. The van der Waals surface area contributed by atoms with E-state index in [1.165, 1.54) is 11.8 Å². The van der Waals surface area contributed by atoms with E-state index in [2.05, 4.69) is 4.99 Å². The van der Waals surface area contributed by atoms with Crippen LogP contribution in [0.5, 0.6) is 11.5 Å². The Bertz CT molecular complexity index is 1280. The number of aliphatic imine (C=N–C) groups is 1. The van der Waals surface area contributed by atoms with Crippen LogP contribution in [-0.2, 0) is 21.1 Å². The van der Waals surface area contributed by atoms with Gasteiger partial charge in [-0.05, 0) is 42.0 Å².